The van der Waals surface area contributed by atoms with Gasteiger partial charge in [0.25, 0.3) is 0 Å². The zero-order valence-electron chi connectivity index (χ0n) is 28.3. The molecule has 44 heavy (non-hydrogen) atoms. The second kappa shape index (κ2) is 25.5. The van der Waals surface area contributed by atoms with Crippen molar-refractivity contribution in [3.05, 3.63) is 47.5 Å². The molecule has 0 fully saturated rings. The SMILES string of the molecule is CCCCCCCCOc1cc(COc2ccc(CC#N)cc2)cc(OCCCCCCCC)c1OCCCCCCCC. The van der Waals surface area contributed by atoms with Gasteiger partial charge in [-0.05, 0) is 54.7 Å². The van der Waals surface area contributed by atoms with Crippen LogP contribution in [0.1, 0.15) is 147 Å². The molecule has 0 heterocycles. The van der Waals surface area contributed by atoms with Crippen LogP contribution < -0.4 is 18.9 Å². The van der Waals surface area contributed by atoms with Crippen molar-refractivity contribution < 1.29 is 18.9 Å². The molecule has 246 valence electrons. The molecule has 0 amide bonds. The van der Waals surface area contributed by atoms with Gasteiger partial charge in [-0.25, -0.2) is 0 Å². The number of nitrogens with zero attached hydrogens (tertiary/aromatic N) is 1. The number of unbranched alkanes of at least 4 members (excludes halogenated alkanes) is 15. The van der Waals surface area contributed by atoms with Crippen LogP contribution in [0.5, 0.6) is 23.0 Å². The molecule has 0 spiro atoms. The number of hydrogen-bond donors (Lipinski definition) is 0. The lowest BCUT2D eigenvalue weighted by Gasteiger charge is -2.19. The fourth-order valence-electron chi connectivity index (χ4n) is 5.22. The summed E-state index contributed by atoms with van der Waals surface area (Å²) in [6, 6.07) is 14.1. The van der Waals surface area contributed by atoms with Gasteiger partial charge in [-0.1, -0.05) is 129 Å². The molecular formula is C39H61NO4. The summed E-state index contributed by atoms with van der Waals surface area (Å²) >= 11 is 0. The Kier molecular flexibility index (Phi) is 21.6. The maximum absolute atomic E-state index is 8.96. The maximum atomic E-state index is 8.96. The van der Waals surface area contributed by atoms with Gasteiger partial charge in [-0.15, -0.1) is 0 Å². The third kappa shape index (κ3) is 16.8. The average molecular weight is 608 g/mol. The molecule has 0 bridgehead atoms. The van der Waals surface area contributed by atoms with Crippen molar-refractivity contribution in [2.24, 2.45) is 0 Å². The third-order valence-corrected chi connectivity index (χ3v) is 7.95. The van der Waals surface area contributed by atoms with E-state index in [0.29, 0.717) is 32.8 Å². The average Bonchev–Trinajstić information content (AvgIpc) is 3.04. The lowest BCUT2D eigenvalue weighted by atomic mass is 10.1. The Morgan fingerprint density at radius 3 is 1.39 bits per heavy atom. The molecule has 0 N–H and O–H groups in total. The largest absolute Gasteiger partial charge is 0.490 e. The van der Waals surface area contributed by atoms with E-state index in [4.69, 9.17) is 24.2 Å². The van der Waals surface area contributed by atoms with Crippen LogP contribution in [0, 0.1) is 11.3 Å². The summed E-state index contributed by atoms with van der Waals surface area (Å²) in [5, 5.41) is 8.96. The highest BCUT2D eigenvalue weighted by atomic mass is 16.5. The standard InChI is InChI=1S/C39H61NO4/c1-4-7-10-13-16-19-28-41-37-31-35(33-44-36-24-22-34(23-25-36)26-27-40)32-38(42-29-20-17-14-11-8-5-2)39(37)43-30-21-18-15-12-9-6-3/h22-25,31-32H,4-21,26,28-30,33H2,1-3H3. The van der Waals surface area contributed by atoms with Crippen molar-refractivity contribution in [3.8, 4) is 29.1 Å². The van der Waals surface area contributed by atoms with Gasteiger partial charge in [0.2, 0.25) is 5.75 Å². The van der Waals surface area contributed by atoms with Crippen LogP contribution in [-0.2, 0) is 13.0 Å². The van der Waals surface area contributed by atoms with Crippen LogP contribution in [-0.4, -0.2) is 19.8 Å². The van der Waals surface area contributed by atoms with Crippen LogP contribution in [0.4, 0.5) is 0 Å². The summed E-state index contributed by atoms with van der Waals surface area (Å²) in [6.45, 7) is 9.16. The van der Waals surface area contributed by atoms with Gasteiger partial charge in [-0.2, -0.15) is 5.26 Å². The van der Waals surface area contributed by atoms with Crippen molar-refractivity contribution in [1.29, 1.82) is 5.26 Å². The van der Waals surface area contributed by atoms with Crippen molar-refractivity contribution >= 4 is 0 Å². The van der Waals surface area contributed by atoms with E-state index in [1.807, 2.05) is 24.3 Å². The number of hydrogen-bond acceptors (Lipinski definition) is 5. The van der Waals surface area contributed by atoms with Crippen LogP contribution in [0.15, 0.2) is 36.4 Å². The first-order valence-corrected chi connectivity index (χ1v) is 17.9. The fraction of sp³-hybridized carbons (Fsp3) is 0.667. The molecule has 0 unspecified atom stereocenters. The van der Waals surface area contributed by atoms with Gasteiger partial charge >= 0.3 is 0 Å². The molecule has 0 aliphatic rings. The van der Waals surface area contributed by atoms with E-state index < -0.39 is 0 Å². The smallest absolute Gasteiger partial charge is 0.203 e. The van der Waals surface area contributed by atoms with Gasteiger partial charge in [0.15, 0.2) is 11.5 Å². The Hall–Kier alpha value is -2.87. The normalized spacial score (nSPS) is 10.9. The monoisotopic (exact) mass is 607 g/mol. The van der Waals surface area contributed by atoms with E-state index in [-0.39, 0.29) is 0 Å². The Bertz CT molecular complexity index is 975. The molecule has 5 heteroatoms. The van der Waals surface area contributed by atoms with Gasteiger partial charge in [-0.3, -0.25) is 0 Å². The van der Waals surface area contributed by atoms with Crippen molar-refractivity contribution in [3.63, 3.8) is 0 Å². The molecule has 0 saturated carbocycles. The number of nitriles is 1. The fourth-order valence-corrected chi connectivity index (χ4v) is 5.22. The summed E-state index contributed by atoms with van der Waals surface area (Å²) in [4.78, 5) is 0. The second-order valence-corrected chi connectivity index (χ2v) is 12.0. The predicted octanol–water partition coefficient (Wildman–Crippen LogP) is 11.5. The van der Waals surface area contributed by atoms with E-state index in [0.717, 1.165) is 53.4 Å². The highest BCUT2D eigenvalue weighted by Crippen LogP contribution is 2.40. The van der Waals surface area contributed by atoms with Crippen molar-refractivity contribution in [2.45, 2.75) is 149 Å². The summed E-state index contributed by atoms with van der Waals surface area (Å²) in [6.07, 6.45) is 22.4. The van der Waals surface area contributed by atoms with E-state index in [1.54, 1.807) is 0 Å². The molecule has 2 aromatic carbocycles. The molecule has 0 radical (unpaired) electrons. The highest BCUT2D eigenvalue weighted by molar-refractivity contribution is 5.54. The Labute approximate surface area is 269 Å². The molecule has 2 aromatic rings. The van der Waals surface area contributed by atoms with Gasteiger partial charge < -0.3 is 18.9 Å². The minimum atomic E-state index is 0.399. The topological polar surface area (TPSA) is 60.7 Å². The third-order valence-electron chi connectivity index (χ3n) is 7.95. The summed E-state index contributed by atoms with van der Waals surface area (Å²) < 4.78 is 25.4. The first-order valence-electron chi connectivity index (χ1n) is 17.9. The molecule has 5 nitrogen and oxygen atoms in total. The quantitative estimate of drug-likeness (QED) is 0.0900. The van der Waals surface area contributed by atoms with Crippen LogP contribution in [0.2, 0.25) is 0 Å². The molecule has 0 saturated heterocycles. The van der Waals surface area contributed by atoms with Crippen molar-refractivity contribution in [1.82, 2.24) is 0 Å². The second-order valence-electron chi connectivity index (χ2n) is 12.0. The zero-order chi connectivity index (χ0) is 31.5. The number of ether oxygens (including phenoxy) is 4. The first kappa shape index (κ1) is 37.3. The van der Waals surface area contributed by atoms with Gasteiger partial charge in [0, 0.05) is 0 Å². The number of benzene rings is 2. The Balaban J connectivity index is 2.14. The van der Waals surface area contributed by atoms with E-state index in [9.17, 15) is 0 Å². The minimum Gasteiger partial charge on any atom is -0.490 e. The molecular weight excluding hydrogens is 546 g/mol. The van der Waals surface area contributed by atoms with E-state index >= 15 is 0 Å². The van der Waals surface area contributed by atoms with Gasteiger partial charge in [0.1, 0.15) is 12.4 Å². The predicted molar refractivity (Wildman–Crippen MR) is 183 cm³/mol. The van der Waals surface area contributed by atoms with Gasteiger partial charge in [0.05, 0.1) is 32.3 Å². The summed E-state index contributed by atoms with van der Waals surface area (Å²) in [7, 11) is 0. The van der Waals surface area contributed by atoms with E-state index in [1.165, 1.54) is 96.3 Å². The highest BCUT2D eigenvalue weighted by Gasteiger charge is 2.17. The zero-order valence-corrected chi connectivity index (χ0v) is 28.3. The molecule has 0 aromatic heterocycles. The first-order chi connectivity index (χ1) is 21.7. The summed E-state index contributed by atoms with van der Waals surface area (Å²) in [5.41, 5.74) is 1.98. The molecule has 0 aliphatic carbocycles. The minimum absolute atomic E-state index is 0.399. The van der Waals surface area contributed by atoms with Crippen LogP contribution >= 0.6 is 0 Å². The lowest BCUT2D eigenvalue weighted by molar-refractivity contribution is 0.232. The molecule has 0 aliphatic heterocycles. The maximum Gasteiger partial charge on any atom is 0.203 e. The van der Waals surface area contributed by atoms with Crippen molar-refractivity contribution in [2.75, 3.05) is 19.8 Å². The molecule has 0 atom stereocenters. The van der Waals surface area contributed by atoms with Crippen LogP contribution in [0.3, 0.4) is 0 Å². The van der Waals surface area contributed by atoms with Crippen LogP contribution in [0.25, 0.3) is 0 Å². The Morgan fingerprint density at radius 2 is 0.932 bits per heavy atom. The number of rotatable bonds is 28. The van der Waals surface area contributed by atoms with E-state index in [2.05, 4.69) is 39.0 Å². The Morgan fingerprint density at radius 1 is 0.500 bits per heavy atom. The molecule has 2 rings (SSSR count). The summed E-state index contributed by atoms with van der Waals surface area (Å²) in [5.74, 6) is 3.03. The lowest BCUT2D eigenvalue weighted by Crippen LogP contribution is -2.08.